The molecule has 3 amide bonds. The minimum Gasteiger partial charge on any atom is -0.373 e. The molecule has 3 heterocycles. The van der Waals surface area contributed by atoms with E-state index in [-0.39, 0.29) is 18.0 Å². The molecule has 0 aliphatic carbocycles. The summed E-state index contributed by atoms with van der Waals surface area (Å²) in [4.78, 5) is 27.5. The molecule has 0 radical (unpaired) electrons. The van der Waals surface area contributed by atoms with E-state index in [4.69, 9.17) is 4.74 Å². The van der Waals surface area contributed by atoms with Gasteiger partial charge < -0.3 is 19.9 Å². The molecule has 0 spiro atoms. The molecule has 144 valence electrons. The van der Waals surface area contributed by atoms with Crippen molar-refractivity contribution in [1.82, 2.24) is 24.9 Å². The van der Waals surface area contributed by atoms with Crippen LogP contribution in [0.5, 0.6) is 0 Å². The summed E-state index contributed by atoms with van der Waals surface area (Å²) in [5.74, 6) is 0.705. The third-order valence-corrected chi connectivity index (χ3v) is 5.29. The predicted octanol–water partition coefficient (Wildman–Crippen LogP) is 0.942. The number of nitrogens with zero attached hydrogens (tertiary/aromatic N) is 4. The maximum atomic E-state index is 12.4. The number of carbonyl (C=O) groups excluding carboxylic acids is 2. The molecule has 2 saturated heterocycles. The third kappa shape index (κ3) is 5.20. The Balaban J connectivity index is 1.34. The average molecular weight is 363 g/mol. The van der Waals surface area contributed by atoms with Crippen LogP contribution in [0.15, 0.2) is 18.5 Å². The number of carbonyl (C=O) groups is 2. The van der Waals surface area contributed by atoms with Crippen LogP contribution in [0.2, 0.25) is 0 Å². The molecule has 2 aliphatic heterocycles. The predicted molar refractivity (Wildman–Crippen MR) is 96.5 cm³/mol. The van der Waals surface area contributed by atoms with Crippen molar-refractivity contribution in [1.29, 1.82) is 0 Å². The smallest absolute Gasteiger partial charge is 0.317 e. The summed E-state index contributed by atoms with van der Waals surface area (Å²) >= 11 is 0. The quantitative estimate of drug-likeness (QED) is 0.844. The number of rotatable bonds is 5. The van der Waals surface area contributed by atoms with E-state index in [2.05, 4.69) is 10.4 Å². The highest BCUT2D eigenvalue weighted by Gasteiger charge is 2.25. The number of hydrogen-bond donors (Lipinski definition) is 1. The SMILES string of the molecule is CC(=O)N1CCO[C@@H](CNC(=O)N2CCC(CCn3cccn3)CC2)C1. The molecule has 0 bridgehead atoms. The topological polar surface area (TPSA) is 79.7 Å². The normalized spacial score (nSPS) is 21.7. The molecule has 26 heavy (non-hydrogen) atoms. The lowest BCUT2D eigenvalue weighted by molar-refractivity contribution is -0.136. The first-order valence-corrected chi connectivity index (χ1v) is 9.49. The van der Waals surface area contributed by atoms with E-state index in [1.807, 2.05) is 21.8 Å². The van der Waals surface area contributed by atoms with Crippen molar-refractivity contribution in [2.24, 2.45) is 5.92 Å². The van der Waals surface area contributed by atoms with E-state index in [0.29, 0.717) is 32.2 Å². The van der Waals surface area contributed by atoms with E-state index in [0.717, 1.165) is 38.9 Å². The lowest BCUT2D eigenvalue weighted by Gasteiger charge is -2.34. The van der Waals surface area contributed by atoms with Crippen LogP contribution >= 0.6 is 0 Å². The minimum atomic E-state index is -0.122. The number of ether oxygens (including phenoxy) is 1. The molecule has 2 fully saturated rings. The fourth-order valence-electron chi connectivity index (χ4n) is 3.61. The highest BCUT2D eigenvalue weighted by atomic mass is 16.5. The van der Waals surface area contributed by atoms with Crippen molar-refractivity contribution in [3.63, 3.8) is 0 Å². The van der Waals surface area contributed by atoms with Crippen LogP contribution < -0.4 is 5.32 Å². The molecule has 8 heteroatoms. The van der Waals surface area contributed by atoms with Gasteiger partial charge in [0.2, 0.25) is 5.91 Å². The first kappa shape index (κ1) is 18.7. The highest BCUT2D eigenvalue weighted by Crippen LogP contribution is 2.21. The summed E-state index contributed by atoms with van der Waals surface area (Å²) < 4.78 is 7.61. The van der Waals surface area contributed by atoms with Gasteiger partial charge in [-0.2, -0.15) is 5.10 Å². The molecule has 8 nitrogen and oxygen atoms in total. The molecule has 1 atom stereocenters. The van der Waals surface area contributed by atoms with Crippen molar-refractivity contribution in [3.05, 3.63) is 18.5 Å². The Morgan fingerprint density at radius 3 is 2.73 bits per heavy atom. The second-order valence-corrected chi connectivity index (χ2v) is 7.13. The third-order valence-electron chi connectivity index (χ3n) is 5.29. The zero-order valence-electron chi connectivity index (χ0n) is 15.5. The van der Waals surface area contributed by atoms with Crippen LogP contribution in [0.25, 0.3) is 0 Å². The van der Waals surface area contributed by atoms with Crippen LogP contribution in [-0.4, -0.2) is 77.0 Å². The van der Waals surface area contributed by atoms with Gasteiger partial charge in [0.15, 0.2) is 0 Å². The van der Waals surface area contributed by atoms with Crippen molar-refractivity contribution in [2.75, 3.05) is 39.3 Å². The van der Waals surface area contributed by atoms with Gasteiger partial charge in [0.05, 0.1) is 12.7 Å². The monoisotopic (exact) mass is 363 g/mol. The standard InChI is InChI=1S/C18H29N5O3/c1-15(24)22-11-12-26-17(14-22)13-19-18(25)21-8-3-16(4-9-21)5-10-23-7-2-6-20-23/h2,6-7,16-17H,3-5,8-14H2,1H3,(H,19,25)/t17-/m0/s1. The van der Waals surface area contributed by atoms with Crippen LogP contribution in [0.3, 0.4) is 0 Å². The van der Waals surface area contributed by atoms with Gasteiger partial charge in [0, 0.05) is 58.6 Å². The van der Waals surface area contributed by atoms with E-state index >= 15 is 0 Å². The molecule has 3 rings (SSSR count). The van der Waals surface area contributed by atoms with Gasteiger partial charge >= 0.3 is 6.03 Å². The Morgan fingerprint density at radius 1 is 1.23 bits per heavy atom. The zero-order chi connectivity index (χ0) is 18.4. The fraction of sp³-hybridized carbons (Fsp3) is 0.722. The first-order chi connectivity index (χ1) is 12.6. The summed E-state index contributed by atoms with van der Waals surface area (Å²) in [6.07, 6.45) is 6.85. The van der Waals surface area contributed by atoms with Crippen molar-refractivity contribution in [2.45, 2.75) is 38.8 Å². The van der Waals surface area contributed by atoms with Gasteiger partial charge in [0.25, 0.3) is 0 Å². The Kier molecular flexibility index (Phi) is 6.49. The molecule has 0 unspecified atom stereocenters. The Labute approximate surface area is 154 Å². The first-order valence-electron chi connectivity index (χ1n) is 9.49. The molecule has 2 aliphatic rings. The number of morpholine rings is 1. The molecule has 1 aromatic rings. The van der Waals surface area contributed by atoms with Gasteiger partial charge in [-0.25, -0.2) is 4.79 Å². The molecular weight excluding hydrogens is 334 g/mol. The largest absolute Gasteiger partial charge is 0.373 e. The highest BCUT2D eigenvalue weighted by molar-refractivity contribution is 5.74. The van der Waals surface area contributed by atoms with E-state index in [1.54, 1.807) is 18.0 Å². The summed E-state index contributed by atoms with van der Waals surface area (Å²) in [6, 6.07) is 1.91. The fourth-order valence-corrected chi connectivity index (χ4v) is 3.61. The zero-order valence-corrected chi connectivity index (χ0v) is 15.5. The number of hydrogen-bond acceptors (Lipinski definition) is 4. The van der Waals surface area contributed by atoms with Crippen molar-refractivity contribution >= 4 is 11.9 Å². The van der Waals surface area contributed by atoms with Crippen LogP contribution in [-0.2, 0) is 16.1 Å². The number of urea groups is 1. The lowest BCUT2D eigenvalue weighted by atomic mass is 9.94. The Hall–Kier alpha value is -2.09. The van der Waals surface area contributed by atoms with E-state index < -0.39 is 0 Å². The summed E-state index contributed by atoms with van der Waals surface area (Å²) in [5, 5.41) is 7.20. The second kappa shape index (κ2) is 9.02. The molecule has 0 aromatic carbocycles. The van der Waals surface area contributed by atoms with Gasteiger partial charge in [-0.05, 0) is 31.2 Å². The summed E-state index contributed by atoms with van der Waals surface area (Å²) in [7, 11) is 0. The van der Waals surface area contributed by atoms with Crippen LogP contribution in [0, 0.1) is 5.92 Å². The van der Waals surface area contributed by atoms with E-state index in [9.17, 15) is 9.59 Å². The molecule has 1 N–H and O–H groups in total. The van der Waals surface area contributed by atoms with Gasteiger partial charge in [0.1, 0.15) is 0 Å². The number of likely N-dealkylation sites (tertiary alicyclic amines) is 1. The lowest BCUT2D eigenvalue weighted by Crippen LogP contribution is -2.51. The van der Waals surface area contributed by atoms with Crippen molar-refractivity contribution < 1.29 is 14.3 Å². The van der Waals surface area contributed by atoms with Crippen LogP contribution in [0.4, 0.5) is 4.79 Å². The number of aryl methyl sites for hydroxylation is 1. The summed E-state index contributed by atoms with van der Waals surface area (Å²) in [5.41, 5.74) is 0. The molecule has 1 aromatic heterocycles. The number of piperidine rings is 1. The Morgan fingerprint density at radius 2 is 2.04 bits per heavy atom. The van der Waals surface area contributed by atoms with Gasteiger partial charge in [-0.3, -0.25) is 9.48 Å². The Bertz CT molecular complexity index is 584. The molecule has 0 saturated carbocycles. The average Bonchev–Trinajstić information content (AvgIpc) is 3.19. The maximum Gasteiger partial charge on any atom is 0.317 e. The maximum absolute atomic E-state index is 12.4. The van der Waals surface area contributed by atoms with Gasteiger partial charge in [-0.15, -0.1) is 0 Å². The van der Waals surface area contributed by atoms with Gasteiger partial charge in [-0.1, -0.05) is 0 Å². The number of amides is 3. The minimum absolute atomic E-state index is 0.0286. The number of nitrogens with one attached hydrogen (secondary N) is 1. The molecular formula is C18H29N5O3. The van der Waals surface area contributed by atoms with Crippen LogP contribution in [0.1, 0.15) is 26.2 Å². The van der Waals surface area contributed by atoms with E-state index in [1.165, 1.54) is 0 Å². The van der Waals surface area contributed by atoms with Crippen molar-refractivity contribution in [3.8, 4) is 0 Å². The summed E-state index contributed by atoms with van der Waals surface area (Å²) in [6.45, 7) is 6.24. The number of aromatic nitrogens is 2. The second-order valence-electron chi connectivity index (χ2n) is 7.13.